The Kier molecular flexibility index (Phi) is 6.29. The highest BCUT2D eigenvalue weighted by Crippen LogP contribution is 2.48. The maximum absolute atomic E-state index is 10.3. The lowest BCUT2D eigenvalue weighted by Crippen LogP contribution is -2.42. The first-order valence-corrected chi connectivity index (χ1v) is 9.51. The maximum atomic E-state index is 10.3. The quantitative estimate of drug-likeness (QED) is 0.506. The molecule has 0 spiro atoms. The number of rotatable bonds is 8. The van der Waals surface area contributed by atoms with E-state index in [1.807, 2.05) is 30.3 Å². The topological polar surface area (TPSA) is 56.7 Å². The summed E-state index contributed by atoms with van der Waals surface area (Å²) < 4.78 is 0. The second-order valence-electron chi connectivity index (χ2n) is 7.07. The number of aliphatic hydroxyl groups excluding tert-OH is 1. The fourth-order valence-electron chi connectivity index (χ4n) is 3.23. The van der Waals surface area contributed by atoms with E-state index in [0.29, 0.717) is 13.0 Å². The molecule has 1 saturated carbocycles. The summed E-state index contributed by atoms with van der Waals surface area (Å²) in [4.78, 5) is 4.79. The molecule has 3 rings (SSSR count). The summed E-state index contributed by atoms with van der Waals surface area (Å²) in [5.41, 5.74) is 2.72. The Morgan fingerprint density at radius 3 is 2.31 bits per heavy atom. The highest BCUT2D eigenvalue weighted by atomic mass is 16.3. The van der Waals surface area contributed by atoms with Gasteiger partial charge in [-0.2, -0.15) is 0 Å². The Morgan fingerprint density at radius 2 is 1.69 bits per heavy atom. The van der Waals surface area contributed by atoms with Gasteiger partial charge in [0.1, 0.15) is 0 Å². The largest absolute Gasteiger partial charge is 0.391 e. The van der Waals surface area contributed by atoms with Crippen LogP contribution in [0.2, 0.25) is 0 Å². The zero-order valence-electron chi connectivity index (χ0n) is 15.5. The first kappa shape index (κ1) is 18.5. The Labute approximate surface area is 156 Å². The Balaban J connectivity index is 1.54. The van der Waals surface area contributed by atoms with Gasteiger partial charge in [0.25, 0.3) is 0 Å². The van der Waals surface area contributed by atoms with E-state index in [0.717, 1.165) is 24.6 Å². The van der Waals surface area contributed by atoms with Crippen molar-refractivity contribution in [3.8, 4) is 0 Å². The Hall–Kier alpha value is -2.33. The first-order chi connectivity index (χ1) is 12.7. The molecule has 4 heteroatoms. The van der Waals surface area contributed by atoms with E-state index in [2.05, 4.69) is 47.9 Å². The van der Waals surface area contributed by atoms with Gasteiger partial charge in [-0.15, -0.1) is 0 Å². The highest BCUT2D eigenvalue weighted by Gasteiger charge is 2.43. The molecule has 0 aliphatic heterocycles. The van der Waals surface area contributed by atoms with Gasteiger partial charge in [0.2, 0.25) is 0 Å². The molecule has 0 heterocycles. The van der Waals surface area contributed by atoms with Crippen LogP contribution in [0.25, 0.3) is 0 Å². The molecule has 3 N–H and O–H groups in total. The summed E-state index contributed by atoms with van der Waals surface area (Å²) >= 11 is 0. The molecule has 1 aliphatic carbocycles. The van der Waals surface area contributed by atoms with Crippen molar-refractivity contribution in [2.24, 2.45) is 4.99 Å². The van der Waals surface area contributed by atoms with Crippen molar-refractivity contribution in [1.82, 2.24) is 10.6 Å². The summed E-state index contributed by atoms with van der Waals surface area (Å²) in [5.74, 6) is 0.779. The number of benzene rings is 2. The lowest BCUT2D eigenvalue weighted by Gasteiger charge is -2.17. The van der Waals surface area contributed by atoms with Gasteiger partial charge < -0.3 is 15.7 Å². The van der Waals surface area contributed by atoms with Crippen LogP contribution in [-0.2, 0) is 11.8 Å². The van der Waals surface area contributed by atoms with Crippen molar-refractivity contribution < 1.29 is 5.11 Å². The minimum atomic E-state index is -0.440. The van der Waals surface area contributed by atoms with Gasteiger partial charge in [-0.1, -0.05) is 60.7 Å². The van der Waals surface area contributed by atoms with Crippen LogP contribution >= 0.6 is 0 Å². The molecular weight excluding hydrogens is 322 g/mol. The predicted molar refractivity (Wildman–Crippen MR) is 107 cm³/mol. The van der Waals surface area contributed by atoms with Crippen molar-refractivity contribution in [1.29, 1.82) is 0 Å². The van der Waals surface area contributed by atoms with E-state index in [1.54, 1.807) is 0 Å². The predicted octanol–water partition coefficient (Wildman–Crippen LogP) is 2.88. The van der Waals surface area contributed by atoms with Crippen LogP contribution in [0.5, 0.6) is 0 Å². The van der Waals surface area contributed by atoms with E-state index in [1.165, 1.54) is 18.4 Å². The van der Waals surface area contributed by atoms with Crippen LogP contribution in [0.1, 0.15) is 30.9 Å². The second kappa shape index (κ2) is 8.86. The molecule has 2 aromatic rings. The van der Waals surface area contributed by atoms with Gasteiger partial charge in [-0.05, 0) is 30.9 Å². The van der Waals surface area contributed by atoms with Gasteiger partial charge in [0.15, 0.2) is 5.96 Å². The van der Waals surface area contributed by atoms with E-state index in [-0.39, 0.29) is 5.41 Å². The maximum Gasteiger partial charge on any atom is 0.191 e. The van der Waals surface area contributed by atoms with Crippen LogP contribution < -0.4 is 10.6 Å². The Morgan fingerprint density at radius 1 is 1.04 bits per heavy atom. The number of hydrogen-bond donors (Lipinski definition) is 3. The molecule has 1 atom stereocenters. The molecular formula is C22H29N3O. The zero-order chi connectivity index (χ0) is 18.2. The smallest absolute Gasteiger partial charge is 0.191 e. The number of nitrogens with zero attached hydrogens (tertiary/aromatic N) is 1. The number of aliphatic hydroxyl groups is 1. The molecule has 0 radical (unpaired) electrons. The van der Waals surface area contributed by atoms with Crippen molar-refractivity contribution in [2.75, 3.05) is 19.6 Å². The van der Waals surface area contributed by atoms with Gasteiger partial charge in [0.05, 0.1) is 12.6 Å². The molecule has 138 valence electrons. The third-order valence-electron chi connectivity index (χ3n) is 4.94. The number of nitrogens with one attached hydrogen (secondary N) is 2. The molecule has 0 aromatic heterocycles. The molecule has 1 fully saturated rings. The minimum Gasteiger partial charge on any atom is -0.391 e. The van der Waals surface area contributed by atoms with E-state index < -0.39 is 6.10 Å². The summed E-state index contributed by atoms with van der Waals surface area (Å²) in [6.07, 6.45) is 2.58. The van der Waals surface area contributed by atoms with Gasteiger partial charge in [-0.25, -0.2) is 0 Å². The standard InChI is InChI=1S/C22H29N3O/c1-2-23-21(24-16-20(26)15-18-9-5-3-6-10-18)25-17-22(13-14-22)19-11-7-4-8-12-19/h3-12,20,26H,2,13-17H2,1H3,(H2,23,24,25). The normalized spacial score (nSPS) is 16.8. The van der Waals surface area contributed by atoms with Crippen molar-refractivity contribution in [2.45, 2.75) is 37.7 Å². The lowest BCUT2D eigenvalue weighted by molar-refractivity contribution is 0.177. The van der Waals surface area contributed by atoms with E-state index in [9.17, 15) is 5.11 Å². The van der Waals surface area contributed by atoms with Crippen molar-refractivity contribution in [3.05, 3.63) is 71.8 Å². The summed E-state index contributed by atoms with van der Waals surface area (Å²) in [6, 6.07) is 20.7. The molecule has 1 aliphatic rings. The number of hydrogen-bond acceptors (Lipinski definition) is 2. The van der Waals surface area contributed by atoms with Gasteiger partial charge in [0, 0.05) is 24.9 Å². The number of guanidine groups is 1. The molecule has 2 aromatic carbocycles. The third kappa shape index (κ3) is 5.09. The van der Waals surface area contributed by atoms with Gasteiger partial charge >= 0.3 is 0 Å². The molecule has 1 unspecified atom stereocenters. The van der Waals surface area contributed by atoms with E-state index in [4.69, 9.17) is 4.99 Å². The zero-order valence-corrected chi connectivity index (χ0v) is 15.5. The fraction of sp³-hybridized carbons (Fsp3) is 0.409. The summed E-state index contributed by atoms with van der Waals surface area (Å²) in [7, 11) is 0. The van der Waals surface area contributed by atoms with Crippen LogP contribution in [0.4, 0.5) is 0 Å². The molecule has 4 nitrogen and oxygen atoms in total. The third-order valence-corrected chi connectivity index (χ3v) is 4.94. The SMILES string of the molecule is CCNC(=NCC1(c2ccccc2)CC1)NCC(O)Cc1ccccc1. The first-order valence-electron chi connectivity index (χ1n) is 9.51. The molecule has 26 heavy (non-hydrogen) atoms. The second-order valence-corrected chi connectivity index (χ2v) is 7.07. The summed E-state index contributed by atoms with van der Waals surface area (Å²) in [5, 5.41) is 16.9. The van der Waals surface area contributed by atoms with E-state index >= 15 is 0 Å². The molecule has 0 saturated heterocycles. The monoisotopic (exact) mass is 351 g/mol. The summed E-state index contributed by atoms with van der Waals surface area (Å²) in [6.45, 7) is 4.13. The van der Waals surface area contributed by atoms with Crippen molar-refractivity contribution >= 4 is 5.96 Å². The average molecular weight is 351 g/mol. The minimum absolute atomic E-state index is 0.201. The van der Waals surface area contributed by atoms with Crippen LogP contribution in [0.3, 0.4) is 0 Å². The Bertz CT molecular complexity index is 696. The van der Waals surface area contributed by atoms with Gasteiger partial charge in [-0.3, -0.25) is 4.99 Å². The number of aliphatic imine (C=N–C) groups is 1. The lowest BCUT2D eigenvalue weighted by atomic mass is 9.96. The highest BCUT2D eigenvalue weighted by molar-refractivity contribution is 5.79. The average Bonchev–Trinajstić information content (AvgIpc) is 3.47. The molecule has 0 bridgehead atoms. The van der Waals surface area contributed by atoms with Crippen LogP contribution in [0, 0.1) is 0 Å². The van der Waals surface area contributed by atoms with Crippen LogP contribution in [-0.4, -0.2) is 36.8 Å². The van der Waals surface area contributed by atoms with Crippen molar-refractivity contribution in [3.63, 3.8) is 0 Å². The molecule has 0 amide bonds. The fourth-order valence-corrected chi connectivity index (χ4v) is 3.23. The van der Waals surface area contributed by atoms with Crippen LogP contribution in [0.15, 0.2) is 65.7 Å².